The predicted molar refractivity (Wildman–Crippen MR) is 270 cm³/mol. The first-order chi connectivity index (χ1) is 32.2. The Balaban J connectivity index is 1.01. The second-order valence-corrected chi connectivity index (χ2v) is 22.7. The highest BCUT2D eigenvalue weighted by Crippen LogP contribution is 2.69. The van der Waals surface area contributed by atoms with Crippen LogP contribution in [0.1, 0.15) is 167 Å². The summed E-state index contributed by atoms with van der Waals surface area (Å²) >= 11 is 13.4. The molecule has 358 valence electrons. The van der Waals surface area contributed by atoms with Gasteiger partial charge in [-0.1, -0.05) is 144 Å². The van der Waals surface area contributed by atoms with Crippen LogP contribution in [-0.2, 0) is 22.7 Å². The van der Waals surface area contributed by atoms with Gasteiger partial charge < -0.3 is 19.7 Å². The van der Waals surface area contributed by atoms with Crippen LogP contribution in [0.5, 0.6) is 11.5 Å². The minimum absolute atomic E-state index is 0.0168. The van der Waals surface area contributed by atoms with Crippen molar-refractivity contribution in [3.8, 4) is 11.5 Å². The molecule has 4 aromatic rings. The lowest BCUT2D eigenvalue weighted by molar-refractivity contribution is -0.121. The third kappa shape index (κ3) is 10.7. The Labute approximate surface area is 409 Å². The number of aromatic hydroxyl groups is 2. The largest absolute Gasteiger partial charge is 0.505 e. The molecule has 4 saturated carbocycles. The SMILES string of the molecule is CC(C)CCC[C@@H](C)[C@H]1CC[C@H]2[C@@H]3CCC4CC(CCC=C(c5cc(Cl)c(O)c(C(=O)OCc6ccccc6)c5)c5cc(Cl)c(O)c(C(=O)OCc6ccccc6)c5)CC[C@]4(C)[C@H]3CC[C@]12C. The van der Waals surface area contributed by atoms with Crippen molar-refractivity contribution in [3.63, 3.8) is 0 Å². The summed E-state index contributed by atoms with van der Waals surface area (Å²) in [6, 6.07) is 25.1. The van der Waals surface area contributed by atoms with Gasteiger partial charge in [-0.15, -0.1) is 0 Å². The molecule has 4 aliphatic rings. The van der Waals surface area contributed by atoms with E-state index in [9.17, 15) is 19.8 Å². The molecule has 4 aromatic carbocycles. The molecule has 0 heterocycles. The summed E-state index contributed by atoms with van der Waals surface area (Å²) in [6.07, 6.45) is 20.0. The van der Waals surface area contributed by atoms with Gasteiger partial charge in [-0.3, -0.25) is 0 Å². The number of halogens is 2. The van der Waals surface area contributed by atoms with Crippen LogP contribution in [0.4, 0.5) is 0 Å². The fourth-order valence-corrected chi connectivity index (χ4v) is 14.4. The summed E-state index contributed by atoms with van der Waals surface area (Å²) in [5.41, 5.74) is 4.09. The molecule has 67 heavy (non-hydrogen) atoms. The molecule has 8 rings (SSSR count). The quantitative estimate of drug-likeness (QED) is 0.109. The monoisotopic (exact) mass is 946 g/mol. The van der Waals surface area contributed by atoms with E-state index in [0.29, 0.717) is 33.4 Å². The minimum atomic E-state index is -0.722. The van der Waals surface area contributed by atoms with E-state index in [-0.39, 0.29) is 45.9 Å². The Morgan fingerprint density at radius 3 is 1.82 bits per heavy atom. The molecule has 4 aliphatic carbocycles. The minimum Gasteiger partial charge on any atom is -0.505 e. The van der Waals surface area contributed by atoms with Crippen LogP contribution in [0, 0.1) is 58.2 Å². The van der Waals surface area contributed by atoms with Gasteiger partial charge in [0.2, 0.25) is 0 Å². The molecule has 2 unspecified atom stereocenters. The first-order valence-corrected chi connectivity index (χ1v) is 26.1. The van der Waals surface area contributed by atoms with Crippen molar-refractivity contribution in [1.29, 1.82) is 0 Å². The number of rotatable bonds is 16. The Morgan fingerprint density at radius 2 is 1.25 bits per heavy atom. The number of hydrogen-bond acceptors (Lipinski definition) is 6. The van der Waals surface area contributed by atoms with Gasteiger partial charge in [0.05, 0.1) is 10.0 Å². The first-order valence-electron chi connectivity index (χ1n) is 25.3. The van der Waals surface area contributed by atoms with E-state index < -0.39 is 11.9 Å². The normalized spacial score (nSPS) is 27.0. The summed E-state index contributed by atoms with van der Waals surface area (Å²) < 4.78 is 11.3. The molecule has 0 radical (unpaired) electrons. The molecule has 0 aromatic heterocycles. The number of allylic oxidation sites excluding steroid dienone is 1. The number of benzene rings is 4. The second-order valence-electron chi connectivity index (χ2n) is 21.9. The van der Waals surface area contributed by atoms with E-state index >= 15 is 0 Å². The fourth-order valence-electron chi connectivity index (χ4n) is 13.9. The maximum Gasteiger partial charge on any atom is 0.342 e. The fraction of sp³-hybridized carbons (Fsp3) is 0.525. The number of phenols is 2. The van der Waals surface area contributed by atoms with Gasteiger partial charge >= 0.3 is 11.9 Å². The van der Waals surface area contributed by atoms with Gasteiger partial charge in [0, 0.05) is 0 Å². The van der Waals surface area contributed by atoms with Crippen LogP contribution in [0.15, 0.2) is 91.0 Å². The van der Waals surface area contributed by atoms with Gasteiger partial charge in [0.25, 0.3) is 0 Å². The van der Waals surface area contributed by atoms with Crippen LogP contribution in [0.25, 0.3) is 5.57 Å². The summed E-state index contributed by atoms with van der Waals surface area (Å²) in [6.45, 7) is 12.7. The zero-order valence-electron chi connectivity index (χ0n) is 40.4. The average Bonchev–Trinajstić information content (AvgIpc) is 3.68. The summed E-state index contributed by atoms with van der Waals surface area (Å²) in [4.78, 5) is 27.1. The lowest BCUT2D eigenvalue weighted by Crippen LogP contribution is -2.53. The Hall–Kier alpha value is -4.26. The number of phenolic OH excluding ortho intramolecular Hbond substituents is 2. The molecule has 0 aliphatic heterocycles. The zero-order valence-corrected chi connectivity index (χ0v) is 41.9. The predicted octanol–water partition coefficient (Wildman–Crippen LogP) is 16.1. The van der Waals surface area contributed by atoms with Crippen molar-refractivity contribution < 1.29 is 29.3 Å². The van der Waals surface area contributed by atoms with Crippen LogP contribution < -0.4 is 0 Å². The van der Waals surface area contributed by atoms with Crippen molar-refractivity contribution >= 4 is 40.7 Å². The number of carbonyl (C=O) groups is 2. The first kappa shape index (κ1) is 49.2. The molecular weight excluding hydrogens is 876 g/mol. The van der Waals surface area contributed by atoms with Crippen molar-refractivity contribution in [2.24, 2.45) is 58.2 Å². The lowest BCUT2D eigenvalue weighted by atomic mass is 9.44. The number of esters is 2. The van der Waals surface area contributed by atoms with Crippen LogP contribution in [0.3, 0.4) is 0 Å². The molecule has 4 fully saturated rings. The van der Waals surface area contributed by atoms with E-state index in [1.54, 1.807) is 24.3 Å². The third-order valence-electron chi connectivity index (χ3n) is 17.5. The molecule has 0 saturated heterocycles. The number of carbonyl (C=O) groups excluding carboxylic acids is 2. The Bertz CT molecular complexity index is 2280. The zero-order chi connectivity index (χ0) is 47.5. The van der Waals surface area contributed by atoms with Gasteiger partial charge in [0.1, 0.15) is 35.8 Å². The molecule has 2 N–H and O–H groups in total. The molecule has 8 heteroatoms. The summed E-state index contributed by atoms with van der Waals surface area (Å²) in [7, 11) is 0. The summed E-state index contributed by atoms with van der Waals surface area (Å²) in [5.74, 6) is 4.17. The van der Waals surface area contributed by atoms with E-state index in [1.807, 2.05) is 60.7 Å². The molecular formula is C59H72Cl2O6. The van der Waals surface area contributed by atoms with Gasteiger partial charge in [-0.25, -0.2) is 9.59 Å². The van der Waals surface area contributed by atoms with Crippen molar-refractivity contribution in [3.05, 3.63) is 134 Å². The Kier molecular flexibility index (Phi) is 15.5. The highest BCUT2D eigenvalue weighted by atomic mass is 35.5. The van der Waals surface area contributed by atoms with Crippen LogP contribution in [0.2, 0.25) is 10.0 Å². The van der Waals surface area contributed by atoms with E-state index in [1.165, 1.54) is 77.0 Å². The maximum absolute atomic E-state index is 13.6. The van der Waals surface area contributed by atoms with E-state index in [4.69, 9.17) is 32.7 Å². The molecule has 0 bridgehead atoms. The number of hydrogen-bond donors (Lipinski definition) is 2. The molecule has 9 atom stereocenters. The van der Waals surface area contributed by atoms with Crippen molar-refractivity contribution in [2.75, 3.05) is 0 Å². The second kappa shape index (κ2) is 21.2. The highest BCUT2D eigenvalue weighted by Gasteiger charge is 2.60. The number of ether oxygens (including phenoxy) is 2. The van der Waals surface area contributed by atoms with E-state index in [2.05, 4.69) is 40.7 Å². The van der Waals surface area contributed by atoms with Crippen LogP contribution in [-0.4, -0.2) is 22.2 Å². The van der Waals surface area contributed by atoms with Gasteiger partial charge in [0.15, 0.2) is 0 Å². The topological polar surface area (TPSA) is 93.1 Å². The molecule has 0 spiro atoms. The van der Waals surface area contributed by atoms with E-state index in [0.717, 1.165) is 65.4 Å². The standard InChI is InChI=1S/C59H72Cl2O6/c1-37(2)14-12-15-38(3)49-24-25-50-46-23-22-44-30-39(26-28-58(44,4)51(46)27-29-59(49,50)5)20-13-21-45(42-31-47(54(62)52(60)33-42)56(64)66-35-40-16-8-6-9-17-40)43-32-48(55(63)53(61)34-43)57(65)67-36-41-18-10-7-11-19-41/h6-11,16-19,21,31-34,37-39,44,46,49-51,62-63H,12-15,20,22-30,35-36H2,1-5H3/t38-,39?,44?,46+,49-,50+,51+,58+,59-/m1/s1. The molecule has 6 nitrogen and oxygen atoms in total. The van der Waals surface area contributed by atoms with Crippen molar-refractivity contribution in [2.45, 2.75) is 138 Å². The molecule has 0 amide bonds. The maximum atomic E-state index is 13.6. The smallest absolute Gasteiger partial charge is 0.342 e. The third-order valence-corrected chi connectivity index (χ3v) is 18.1. The van der Waals surface area contributed by atoms with Gasteiger partial charge in [-0.2, -0.15) is 0 Å². The highest BCUT2D eigenvalue weighted by molar-refractivity contribution is 6.33. The average molecular weight is 948 g/mol. The Morgan fingerprint density at radius 1 is 0.701 bits per heavy atom. The summed E-state index contributed by atoms with van der Waals surface area (Å²) in [5, 5.41) is 22.2. The number of fused-ring (bicyclic) bond motifs is 5. The van der Waals surface area contributed by atoms with Gasteiger partial charge in [-0.05, 0) is 181 Å². The lowest BCUT2D eigenvalue weighted by Gasteiger charge is -2.61. The van der Waals surface area contributed by atoms with Crippen LogP contribution >= 0.6 is 23.2 Å². The van der Waals surface area contributed by atoms with Crippen molar-refractivity contribution in [1.82, 2.24) is 0 Å².